The zero-order chi connectivity index (χ0) is 18.5. The molecule has 4 aromatic heterocycles. The van der Waals surface area contributed by atoms with Crippen LogP contribution in [0.3, 0.4) is 0 Å². The van der Waals surface area contributed by atoms with Gasteiger partial charge in [0.05, 0.1) is 29.1 Å². The highest BCUT2D eigenvalue weighted by Gasteiger charge is 2.15. The van der Waals surface area contributed by atoms with Crippen LogP contribution in [0.1, 0.15) is 0 Å². The SMILES string of the molecule is c1cncc(-c2ncc(-n3c4ccccc4c4c5sccc5ccc43)cn2)c1. The molecule has 0 aliphatic carbocycles. The minimum atomic E-state index is 0.679. The van der Waals surface area contributed by atoms with Gasteiger partial charge in [0.1, 0.15) is 0 Å². The monoisotopic (exact) mass is 378 g/mol. The molecule has 0 aliphatic rings. The maximum Gasteiger partial charge on any atom is 0.160 e. The number of thiophene rings is 1. The first-order valence-corrected chi connectivity index (χ1v) is 9.90. The Bertz CT molecular complexity index is 1450. The van der Waals surface area contributed by atoms with Gasteiger partial charge in [-0.1, -0.05) is 24.3 Å². The Labute approximate surface area is 164 Å². The third-order valence-electron chi connectivity index (χ3n) is 5.07. The number of benzene rings is 2. The molecule has 0 bridgehead atoms. The average molecular weight is 378 g/mol. The fraction of sp³-hybridized carbons (Fsp3) is 0. The highest BCUT2D eigenvalue weighted by molar-refractivity contribution is 7.18. The molecule has 4 heterocycles. The zero-order valence-corrected chi connectivity index (χ0v) is 15.6. The van der Waals surface area contributed by atoms with Crippen LogP contribution in [-0.4, -0.2) is 19.5 Å². The van der Waals surface area contributed by atoms with Crippen LogP contribution in [-0.2, 0) is 0 Å². The van der Waals surface area contributed by atoms with Crippen molar-refractivity contribution in [3.05, 3.63) is 84.8 Å². The van der Waals surface area contributed by atoms with Gasteiger partial charge < -0.3 is 4.57 Å². The lowest BCUT2D eigenvalue weighted by Crippen LogP contribution is -1.97. The lowest BCUT2D eigenvalue weighted by molar-refractivity contribution is 1.08. The Hall–Kier alpha value is -3.57. The van der Waals surface area contributed by atoms with Gasteiger partial charge in [-0.2, -0.15) is 0 Å². The number of hydrogen-bond acceptors (Lipinski definition) is 4. The summed E-state index contributed by atoms with van der Waals surface area (Å²) in [5, 5.41) is 5.98. The van der Waals surface area contributed by atoms with Crippen molar-refractivity contribution in [2.45, 2.75) is 0 Å². The van der Waals surface area contributed by atoms with Crippen LogP contribution in [0.4, 0.5) is 0 Å². The highest BCUT2D eigenvalue weighted by Crippen LogP contribution is 2.38. The van der Waals surface area contributed by atoms with E-state index in [-0.39, 0.29) is 0 Å². The van der Waals surface area contributed by atoms with Crippen molar-refractivity contribution in [1.29, 1.82) is 0 Å². The van der Waals surface area contributed by atoms with E-state index in [0.717, 1.165) is 16.8 Å². The first-order chi connectivity index (χ1) is 13.9. The van der Waals surface area contributed by atoms with Crippen molar-refractivity contribution in [2.75, 3.05) is 0 Å². The van der Waals surface area contributed by atoms with Crippen molar-refractivity contribution in [3.8, 4) is 17.1 Å². The minimum Gasteiger partial charge on any atom is -0.306 e. The molecule has 0 N–H and O–H groups in total. The lowest BCUT2D eigenvalue weighted by atomic mass is 10.1. The van der Waals surface area contributed by atoms with E-state index in [1.54, 1.807) is 23.7 Å². The van der Waals surface area contributed by atoms with Gasteiger partial charge >= 0.3 is 0 Å². The van der Waals surface area contributed by atoms with Gasteiger partial charge in [0, 0.05) is 33.4 Å². The van der Waals surface area contributed by atoms with Crippen LogP contribution < -0.4 is 0 Å². The molecule has 0 saturated carbocycles. The normalized spacial score (nSPS) is 11.6. The number of nitrogens with zero attached hydrogens (tertiary/aromatic N) is 4. The van der Waals surface area contributed by atoms with E-state index in [0.29, 0.717) is 5.82 Å². The molecule has 0 saturated heterocycles. The van der Waals surface area contributed by atoms with E-state index in [9.17, 15) is 0 Å². The molecule has 28 heavy (non-hydrogen) atoms. The van der Waals surface area contributed by atoms with Gasteiger partial charge in [-0.15, -0.1) is 11.3 Å². The van der Waals surface area contributed by atoms with Crippen molar-refractivity contribution < 1.29 is 0 Å². The molecule has 0 radical (unpaired) electrons. The third-order valence-corrected chi connectivity index (χ3v) is 6.02. The number of aromatic nitrogens is 4. The summed E-state index contributed by atoms with van der Waals surface area (Å²) in [6.07, 6.45) is 7.31. The number of hydrogen-bond donors (Lipinski definition) is 0. The molecule has 6 rings (SSSR count). The molecule has 0 fully saturated rings. The van der Waals surface area contributed by atoms with Crippen molar-refractivity contribution in [2.24, 2.45) is 0 Å². The van der Waals surface area contributed by atoms with E-state index in [2.05, 4.69) is 67.4 Å². The standard InChI is InChI=1S/C23H14N4S/c1-2-6-19-18(5-1)21-20(8-7-15-9-11-28-22(15)21)27(19)17-13-25-23(26-14-17)16-4-3-10-24-12-16/h1-14H. The highest BCUT2D eigenvalue weighted by atomic mass is 32.1. The van der Waals surface area contributed by atoms with Crippen LogP contribution >= 0.6 is 11.3 Å². The predicted octanol–water partition coefficient (Wildman–Crippen LogP) is 5.85. The lowest BCUT2D eigenvalue weighted by Gasteiger charge is -2.08. The van der Waals surface area contributed by atoms with Gasteiger partial charge in [-0.3, -0.25) is 4.98 Å². The first kappa shape index (κ1) is 15.5. The summed E-state index contributed by atoms with van der Waals surface area (Å²) >= 11 is 1.79. The molecule has 6 aromatic rings. The van der Waals surface area contributed by atoms with Gasteiger partial charge in [0.2, 0.25) is 0 Å². The summed E-state index contributed by atoms with van der Waals surface area (Å²) in [6.45, 7) is 0. The summed E-state index contributed by atoms with van der Waals surface area (Å²) in [6, 6.07) is 18.9. The third kappa shape index (κ3) is 2.20. The summed E-state index contributed by atoms with van der Waals surface area (Å²) in [5.74, 6) is 0.679. The Balaban J connectivity index is 1.63. The van der Waals surface area contributed by atoms with Gasteiger partial charge in [0.15, 0.2) is 5.82 Å². The quantitative estimate of drug-likeness (QED) is 0.379. The van der Waals surface area contributed by atoms with Crippen molar-refractivity contribution in [3.63, 3.8) is 0 Å². The summed E-state index contributed by atoms with van der Waals surface area (Å²) in [5.41, 5.74) is 4.20. The van der Waals surface area contributed by atoms with E-state index in [4.69, 9.17) is 0 Å². The van der Waals surface area contributed by atoms with Crippen LogP contribution in [0.25, 0.3) is 49.0 Å². The van der Waals surface area contributed by atoms with Crippen molar-refractivity contribution in [1.82, 2.24) is 19.5 Å². The molecular formula is C23H14N4S. The molecule has 4 nitrogen and oxygen atoms in total. The second kappa shape index (κ2) is 5.97. The Kier molecular flexibility index (Phi) is 3.30. The number of fused-ring (bicyclic) bond motifs is 5. The Morgan fingerprint density at radius 1 is 0.786 bits per heavy atom. The molecule has 5 heteroatoms. The molecule has 0 aliphatic heterocycles. The second-order valence-corrected chi connectivity index (χ2v) is 7.57. The smallest absolute Gasteiger partial charge is 0.160 e. The number of para-hydroxylation sites is 1. The number of pyridine rings is 1. The van der Waals surface area contributed by atoms with Gasteiger partial charge in [-0.05, 0) is 41.1 Å². The van der Waals surface area contributed by atoms with Crippen LogP contribution in [0.2, 0.25) is 0 Å². The molecule has 0 unspecified atom stereocenters. The van der Waals surface area contributed by atoms with Crippen LogP contribution in [0.5, 0.6) is 0 Å². The van der Waals surface area contributed by atoms with E-state index in [1.165, 1.54) is 26.4 Å². The topological polar surface area (TPSA) is 43.6 Å². The average Bonchev–Trinajstić information content (AvgIpc) is 3.36. The maximum absolute atomic E-state index is 4.60. The van der Waals surface area contributed by atoms with E-state index in [1.807, 2.05) is 24.5 Å². The van der Waals surface area contributed by atoms with Gasteiger partial charge in [-0.25, -0.2) is 9.97 Å². The summed E-state index contributed by atoms with van der Waals surface area (Å²) in [7, 11) is 0. The maximum atomic E-state index is 4.60. The predicted molar refractivity (Wildman–Crippen MR) is 115 cm³/mol. The fourth-order valence-corrected chi connectivity index (χ4v) is 4.79. The largest absolute Gasteiger partial charge is 0.306 e. The minimum absolute atomic E-state index is 0.679. The van der Waals surface area contributed by atoms with Crippen LogP contribution in [0.15, 0.2) is 84.8 Å². The molecule has 0 amide bonds. The molecule has 132 valence electrons. The zero-order valence-electron chi connectivity index (χ0n) is 14.8. The summed E-state index contributed by atoms with van der Waals surface area (Å²) in [4.78, 5) is 13.4. The summed E-state index contributed by atoms with van der Waals surface area (Å²) < 4.78 is 3.57. The van der Waals surface area contributed by atoms with E-state index < -0.39 is 0 Å². The van der Waals surface area contributed by atoms with Crippen molar-refractivity contribution >= 4 is 43.2 Å². The van der Waals surface area contributed by atoms with Crippen LogP contribution in [0, 0.1) is 0 Å². The number of rotatable bonds is 2. The molecule has 0 atom stereocenters. The molecule has 2 aromatic carbocycles. The Morgan fingerprint density at radius 2 is 1.68 bits per heavy atom. The second-order valence-electron chi connectivity index (χ2n) is 6.66. The fourth-order valence-electron chi connectivity index (χ4n) is 3.84. The Morgan fingerprint density at radius 3 is 2.54 bits per heavy atom. The molecular weight excluding hydrogens is 364 g/mol. The molecule has 0 spiro atoms. The first-order valence-electron chi connectivity index (χ1n) is 9.02. The van der Waals surface area contributed by atoms with Gasteiger partial charge in [0.25, 0.3) is 0 Å². The van der Waals surface area contributed by atoms with E-state index >= 15 is 0 Å².